The molecule has 2 fully saturated rings. The zero-order valence-corrected chi connectivity index (χ0v) is 19.1. The van der Waals surface area contributed by atoms with Gasteiger partial charge in [-0.05, 0) is 49.9 Å². The normalized spacial score (nSPS) is 24.6. The van der Waals surface area contributed by atoms with Crippen LogP contribution in [0.3, 0.4) is 0 Å². The zero-order valence-electron chi connectivity index (χ0n) is 18.3. The molecule has 32 heavy (non-hydrogen) atoms. The zero-order chi connectivity index (χ0) is 23.5. The maximum absolute atomic E-state index is 12.4. The van der Waals surface area contributed by atoms with Crippen LogP contribution in [0.5, 0.6) is 0 Å². The Kier molecular flexibility index (Phi) is 7.12. The molecule has 2 atom stereocenters. The minimum absolute atomic E-state index is 0.0800. The first-order chi connectivity index (χ1) is 15.1. The van der Waals surface area contributed by atoms with Crippen molar-refractivity contribution in [2.45, 2.75) is 37.0 Å². The van der Waals surface area contributed by atoms with Gasteiger partial charge in [-0.25, -0.2) is 18.7 Å². The minimum atomic E-state index is -3.89. The molecule has 2 amide bonds. The van der Waals surface area contributed by atoms with Crippen LogP contribution in [0, 0.1) is 23.7 Å². The lowest BCUT2D eigenvalue weighted by Gasteiger charge is -2.30. The molecule has 0 aromatic heterocycles. The SMILES string of the molecule is COCC1CC(C#Cc2ccc(N3CC(CC(C)(C(=O)NO)S(C)(=O)=O)OC3=O)cc2)C1. The van der Waals surface area contributed by atoms with Gasteiger partial charge in [0.05, 0.1) is 6.54 Å². The number of nitrogens with one attached hydrogen (secondary N) is 1. The van der Waals surface area contributed by atoms with E-state index in [1.807, 2.05) is 12.1 Å². The van der Waals surface area contributed by atoms with Crippen LogP contribution in [0.4, 0.5) is 10.5 Å². The number of sulfone groups is 1. The number of benzene rings is 1. The molecule has 0 spiro atoms. The summed E-state index contributed by atoms with van der Waals surface area (Å²) in [4.78, 5) is 25.7. The van der Waals surface area contributed by atoms with Gasteiger partial charge in [0.25, 0.3) is 5.91 Å². The molecule has 1 heterocycles. The van der Waals surface area contributed by atoms with E-state index in [9.17, 15) is 18.0 Å². The molecule has 174 valence electrons. The van der Waals surface area contributed by atoms with E-state index in [0.717, 1.165) is 31.3 Å². The van der Waals surface area contributed by atoms with E-state index in [4.69, 9.17) is 14.7 Å². The van der Waals surface area contributed by atoms with Crippen molar-refractivity contribution in [3.8, 4) is 11.8 Å². The molecule has 2 N–H and O–H groups in total. The molecule has 1 aliphatic heterocycles. The van der Waals surface area contributed by atoms with Gasteiger partial charge in [0.15, 0.2) is 14.6 Å². The fourth-order valence-electron chi connectivity index (χ4n) is 3.94. The highest BCUT2D eigenvalue weighted by Crippen LogP contribution is 2.33. The van der Waals surface area contributed by atoms with Gasteiger partial charge in [0.1, 0.15) is 6.10 Å². The van der Waals surface area contributed by atoms with Crippen molar-refractivity contribution in [1.29, 1.82) is 0 Å². The maximum Gasteiger partial charge on any atom is 0.414 e. The summed E-state index contributed by atoms with van der Waals surface area (Å²) < 4.78 is 32.8. The molecule has 1 saturated carbocycles. The van der Waals surface area contributed by atoms with Crippen molar-refractivity contribution < 1.29 is 32.7 Å². The Hall–Kier alpha value is -2.61. The van der Waals surface area contributed by atoms with E-state index in [2.05, 4.69) is 11.8 Å². The highest BCUT2D eigenvalue weighted by atomic mass is 32.2. The molecule has 9 nitrogen and oxygen atoms in total. The van der Waals surface area contributed by atoms with Crippen LogP contribution in [-0.2, 0) is 24.1 Å². The molecular formula is C22H28N2O7S. The highest BCUT2D eigenvalue weighted by molar-refractivity contribution is 7.92. The average Bonchev–Trinajstić information content (AvgIpc) is 3.08. The first-order valence-electron chi connectivity index (χ1n) is 10.3. The predicted octanol–water partition coefficient (Wildman–Crippen LogP) is 1.73. The molecule has 1 saturated heterocycles. The number of nitrogens with zero attached hydrogens (tertiary/aromatic N) is 1. The van der Waals surface area contributed by atoms with Crippen molar-refractivity contribution in [2.24, 2.45) is 11.8 Å². The molecule has 10 heteroatoms. The third-order valence-electron chi connectivity index (χ3n) is 6.13. The van der Waals surface area contributed by atoms with E-state index in [1.54, 1.807) is 19.2 Å². The monoisotopic (exact) mass is 464 g/mol. The topological polar surface area (TPSA) is 122 Å². The lowest BCUT2D eigenvalue weighted by molar-refractivity contribution is -0.132. The number of anilines is 1. The number of hydroxylamine groups is 1. The van der Waals surface area contributed by atoms with E-state index >= 15 is 0 Å². The number of hydrogen-bond donors (Lipinski definition) is 2. The fourth-order valence-corrected chi connectivity index (χ4v) is 4.81. The fraction of sp³-hybridized carbons (Fsp3) is 0.545. The van der Waals surface area contributed by atoms with Crippen LogP contribution < -0.4 is 10.4 Å². The number of ether oxygens (including phenoxy) is 2. The highest BCUT2D eigenvalue weighted by Gasteiger charge is 2.48. The van der Waals surface area contributed by atoms with Crippen molar-refractivity contribution >= 4 is 27.5 Å². The summed E-state index contributed by atoms with van der Waals surface area (Å²) in [5, 5.41) is 8.95. The van der Waals surface area contributed by atoms with Crippen LogP contribution in [0.15, 0.2) is 24.3 Å². The van der Waals surface area contributed by atoms with Crippen LogP contribution in [-0.4, -0.2) is 63.0 Å². The molecule has 0 radical (unpaired) electrons. The van der Waals surface area contributed by atoms with Gasteiger partial charge in [0, 0.05) is 43.6 Å². The van der Waals surface area contributed by atoms with Gasteiger partial charge in [-0.15, -0.1) is 0 Å². The van der Waals surface area contributed by atoms with Gasteiger partial charge in [-0.1, -0.05) is 11.8 Å². The number of amides is 2. The van der Waals surface area contributed by atoms with Crippen molar-refractivity contribution in [3.05, 3.63) is 29.8 Å². The number of methoxy groups -OCH3 is 1. The molecule has 1 aliphatic carbocycles. The molecular weight excluding hydrogens is 436 g/mol. The van der Waals surface area contributed by atoms with Crippen LogP contribution >= 0.6 is 0 Å². The molecule has 1 aromatic carbocycles. The molecule has 0 bridgehead atoms. The van der Waals surface area contributed by atoms with E-state index < -0.39 is 32.7 Å². The number of rotatable bonds is 7. The second-order valence-electron chi connectivity index (χ2n) is 8.57. The maximum atomic E-state index is 12.4. The quantitative estimate of drug-likeness (QED) is 0.358. The van der Waals surface area contributed by atoms with Gasteiger partial charge in [0.2, 0.25) is 0 Å². The summed E-state index contributed by atoms with van der Waals surface area (Å²) in [5.41, 5.74) is 2.81. The molecule has 2 unspecified atom stereocenters. The summed E-state index contributed by atoms with van der Waals surface area (Å²) >= 11 is 0. The molecule has 3 rings (SSSR count). The Morgan fingerprint density at radius 3 is 2.56 bits per heavy atom. The second kappa shape index (κ2) is 9.48. The first-order valence-corrected chi connectivity index (χ1v) is 12.2. The van der Waals surface area contributed by atoms with Crippen LogP contribution in [0.2, 0.25) is 0 Å². The standard InChI is InChI=1S/C22H28N2O7S/c1-22(20(25)23-27,32(3,28)29)12-19-13-24(21(26)31-19)18-8-6-15(7-9-18)4-5-16-10-17(11-16)14-30-2/h6-9,16-17,19,27H,10-14H2,1-3H3,(H,23,25). The lowest BCUT2D eigenvalue weighted by atomic mass is 9.76. The van der Waals surface area contributed by atoms with Crippen LogP contribution in [0.1, 0.15) is 31.7 Å². The Morgan fingerprint density at radius 1 is 1.34 bits per heavy atom. The second-order valence-corrected chi connectivity index (χ2v) is 11.0. The third-order valence-corrected chi connectivity index (χ3v) is 8.12. The van der Waals surface area contributed by atoms with Gasteiger partial charge in [-0.2, -0.15) is 0 Å². The number of carbonyl (C=O) groups excluding carboxylic acids is 2. The Morgan fingerprint density at radius 2 is 2.00 bits per heavy atom. The number of hydrogen-bond acceptors (Lipinski definition) is 7. The molecule has 1 aromatic rings. The Balaban J connectivity index is 1.63. The number of cyclic esters (lactones) is 1. The van der Waals surface area contributed by atoms with Crippen molar-refractivity contribution in [1.82, 2.24) is 5.48 Å². The Bertz CT molecular complexity index is 1020. The van der Waals surface area contributed by atoms with E-state index in [-0.39, 0.29) is 13.0 Å². The smallest absolute Gasteiger partial charge is 0.414 e. The van der Waals surface area contributed by atoms with Gasteiger partial charge < -0.3 is 9.47 Å². The van der Waals surface area contributed by atoms with Crippen molar-refractivity contribution in [3.63, 3.8) is 0 Å². The van der Waals surface area contributed by atoms with Gasteiger partial charge in [-0.3, -0.25) is 14.9 Å². The summed E-state index contributed by atoms with van der Waals surface area (Å²) in [7, 11) is -2.19. The Labute approximate surface area is 187 Å². The van der Waals surface area contributed by atoms with Gasteiger partial charge >= 0.3 is 6.09 Å². The summed E-state index contributed by atoms with van der Waals surface area (Å²) in [5.74, 6) is 6.31. The molecule has 2 aliphatic rings. The van der Waals surface area contributed by atoms with E-state index in [1.165, 1.54) is 17.3 Å². The van der Waals surface area contributed by atoms with Crippen LogP contribution in [0.25, 0.3) is 0 Å². The summed E-state index contributed by atoms with van der Waals surface area (Å²) in [6.07, 6.45) is 1.24. The summed E-state index contributed by atoms with van der Waals surface area (Å²) in [6, 6.07) is 7.12. The number of carbonyl (C=O) groups is 2. The van der Waals surface area contributed by atoms with Crippen molar-refractivity contribution in [2.75, 3.05) is 31.4 Å². The largest absolute Gasteiger partial charge is 0.444 e. The third kappa shape index (κ3) is 5.06. The average molecular weight is 465 g/mol. The van der Waals surface area contributed by atoms with E-state index in [0.29, 0.717) is 17.5 Å². The first kappa shape index (κ1) is 24.0. The summed E-state index contributed by atoms with van der Waals surface area (Å²) in [6.45, 7) is 2.04. The predicted molar refractivity (Wildman–Crippen MR) is 117 cm³/mol. The lowest BCUT2D eigenvalue weighted by Crippen LogP contribution is -2.51. The minimum Gasteiger partial charge on any atom is -0.444 e.